The van der Waals surface area contributed by atoms with Crippen LogP contribution in [0.3, 0.4) is 0 Å². The summed E-state index contributed by atoms with van der Waals surface area (Å²) < 4.78 is 17.1. The standard InChI is InChI=1S/C26H16BrFN2OS/c27-19-14-12-18(13-15-19)24-16-32-26(29-25(31)21-9-3-4-10-22(21)28)30(24)23-11-5-7-17-6-1-2-8-20(17)23/h1-16H. The van der Waals surface area contributed by atoms with Crippen LogP contribution in [0.4, 0.5) is 4.39 Å². The Morgan fingerprint density at radius 3 is 2.41 bits per heavy atom. The highest BCUT2D eigenvalue weighted by Crippen LogP contribution is 2.29. The van der Waals surface area contributed by atoms with Crippen molar-refractivity contribution in [3.05, 3.63) is 117 Å². The summed E-state index contributed by atoms with van der Waals surface area (Å²) in [6, 6.07) is 28.0. The van der Waals surface area contributed by atoms with Crippen molar-refractivity contribution >= 4 is 43.9 Å². The van der Waals surface area contributed by atoms with Gasteiger partial charge in [0.2, 0.25) is 0 Å². The van der Waals surface area contributed by atoms with Gasteiger partial charge in [-0.2, -0.15) is 4.99 Å². The van der Waals surface area contributed by atoms with Crippen molar-refractivity contribution in [2.45, 2.75) is 0 Å². The number of hydrogen-bond acceptors (Lipinski definition) is 2. The second-order valence-electron chi connectivity index (χ2n) is 7.14. The first kappa shape index (κ1) is 20.5. The first-order valence-electron chi connectivity index (χ1n) is 9.90. The molecule has 0 saturated carbocycles. The molecule has 5 rings (SSSR count). The molecule has 0 bridgehead atoms. The Morgan fingerprint density at radius 1 is 0.875 bits per heavy atom. The predicted molar refractivity (Wildman–Crippen MR) is 131 cm³/mol. The lowest BCUT2D eigenvalue weighted by Crippen LogP contribution is -2.17. The zero-order chi connectivity index (χ0) is 22.1. The summed E-state index contributed by atoms with van der Waals surface area (Å²) in [4.78, 5) is 17.7. The number of halogens is 2. The van der Waals surface area contributed by atoms with Crippen LogP contribution in [0.15, 0.2) is 106 Å². The molecule has 1 heterocycles. The van der Waals surface area contributed by atoms with Crippen molar-refractivity contribution in [2.75, 3.05) is 0 Å². The molecule has 4 aromatic carbocycles. The third-order valence-corrected chi connectivity index (χ3v) is 6.51. The summed E-state index contributed by atoms with van der Waals surface area (Å²) in [5, 5.41) is 4.08. The lowest BCUT2D eigenvalue weighted by Gasteiger charge is -2.12. The van der Waals surface area contributed by atoms with Crippen molar-refractivity contribution in [1.82, 2.24) is 4.57 Å². The van der Waals surface area contributed by atoms with E-state index in [1.807, 2.05) is 76.7 Å². The summed E-state index contributed by atoms with van der Waals surface area (Å²) in [5.41, 5.74) is 2.74. The fourth-order valence-corrected chi connectivity index (χ4v) is 4.79. The van der Waals surface area contributed by atoms with Gasteiger partial charge in [-0.3, -0.25) is 9.36 Å². The normalized spacial score (nSPS) is 11.8. The Balaban J connectivity index is 1.78. The molecule has 0 radical (unpaired) electrons. The van der Waals surface area contributed by atoms with Crippen molar-refractivity contribution in [3.8, 4) is 16.9 Å². The van der Waals surface area contributed by atoms with Gasteiger partial charge in [-0.1, -0.05) is 76.6 Å². The highest BCUT2D eigenvalue weighted by atomic mass is 79.9. The molecule has 6 heteroatoms. The number of hydrogen-bond donors (Lipinski definition) is 0. The molecule has 0 aliphatic rings. The predicted octanol–water partition coefficient (Wildman–Crippen LogP) is 7.00. The number of rotatable bonds is 3. The van der Waals surface area contributed by atoms with Crippen molar-refractivity contribution in [2.24, 2.45) is 4.99 Å². The molecular weight excluding hydrogens is 487 g/mol. The number of nitrogens with zero attached hydrogens (tertiary/aromatic N) is 2. The fraction of sp³-hybridized carbons (Fsp3) is 0. The first-order chi connectivity index (χ1) is 15.6. The largest absolute Gasteiger partial charge is 0.284 e. The highest BCUT2D eigenvalue weighted by Gasteiger charge is 2.15. The maximum Gasteiger partial charge on any atom is 0.282 e. The van der Waals surface area contributed by atoms with Crippen LogP contribution in [-0.4, -0.2) is 10.5 Å². The monoisotopic (exact) mass is 502 g/mol. The fourth-order valence-electron chi connectivity index (χ4n) is 3.63. The van der Waals surface area contributed by atoms with Gasteiger partial charge in [0.05, 0.1) is 16.9 Å². The van der Waals surface area contributed by atoms with Gasteiger partial charge in [-0.05, 0) is 41.3 Å². The van der Waals surface area contributed by atoms with Gasteiger partial charge in [-0.25, -0.2) is 4.39 Å². The Morgan fingerprint density at radius 2 is 1.59 bits per heavy atom. The van der Waals surface area contributed by atoms with E-state index in [-0.39, 0.29) is 5.56 Å². The van der Waals surface area contributed by atoms with Crippen LogP contribution >= 0.6 is 27.3 Å². The number of carbonyl (C=O) groups is 1. The number of amides is 1. The van der Waals surface area contributed by atoms with E-state index in [9.17, 15) is 9.18 Å². The van der Waals surface area contributed by atoms with Crippen LogP contribution in [0.2, 0.25) is 0 Å². The molecule has 0 spiro atoms. The third-order valence-electron chi connectivity index (χ3n) is 5.16. The molecule has 0 saturated heterocycles. The van der Waals surface area contributed by atoms with E-state index >= 15 is 0 Å². The van der Waals surface area contributed by atoms with Gasteiger partial charge in [0.15, 0.2) is 4.80 Å². The van der Waals surface area contributed by atoms with Gasteiger partial charge in [0.1, 0.15) is 5.82 Å². The van der Waals surface area contributed by atoms with Crippen molar-refractivity contribution in [1.29, 1.82) is 0 Å². The molecule has 1 aromatic heterocycles. The average Bonchev–Trinajstić information content (AvgIpc) is 3.22. The topological polar surface area (TPSA) is 34.4 Å². The van der Waals surface area contributed by atoms with Crippen LogP contribution in [0.5, 0.6) is 0 Å². The van der Waals surface area contributed by atoms with Crippen LogP contribution in [0.25, 0.3) is 27.7 Å². The second kappa shape index (κ2) is 8.65. The number of benzene rings is 4. The van der Waals surface area contributed by atoms with Crippen LogP contribution < -0.4 is 4.80 Å². The average molecular weight is 503 g/mol. The molecule has 0 unspecified atom stereocenters. The summed E-state index contributed by atoms with van der Waals surface area (Å²) in [6.45, 7) is 0. The molecule has 156 valence electrons. The maximum atomic E-state index is 14.2. The van der Waals surface area contributed by atoms with Crippen LogP contribution in [0.1, 0.15) is 10.4 Å². The van der Waals surface area contributed by atoms with Crippen LogP contribution in [-0.2, 0) is 0 Å². The third kappa shape index (κ3) is 3.83. The molecular formula is C26H16BrFN2OS. The number of aromatic nitrogens is 1. The molecule has 3 nitrogen and oxygen atoms in total. The van der Waals surface area contributed by atoms with E-state index in [0.29, 0.717) is 4.80 Å². The van der Waals surface area contributed by atoms with Crippen molar-refractivity contribution in [3.63, 3.8) is 0 Å². The Bertz CT molecular complexity index is 1510. The van der Waals surface area contributed by atoms with E-state index < -0.39 is 11.7 Å². The van der Waals surface area contributed by atoms with E-state index in [0.717, 1.165) is 32.2 Å². The van der Waals surface area contributed by atoms with Gasteiger partial charge in [0.25, 0.3) is 5.91 Å². The SMILES string of the molecule is O=C(N=c1scc(-c2ccc(Br)cc2)n1-c1cccc2ccccc12)c1ccccc1F. The summed E-state index contributed by atoms with van der Waals surface area (Å²) in [6.07, 6.45) is 0. The minimum absolute atomic E-state index is 0.0458. The van der Waals surface area contributed by atoms with Gasteiger partial charge in [-0.15, -0.1) is 11.3 Å². The highest BCUT2D eigenvalue weighted by molar-refractivity contribution is 9.10. The smallest absolute Gasteiger partial charge is 0.282 e. The molecule has 32 heavy (non-hydrogen) atoms. The van der Waals surface area contributed by atoms with E-state index in [1.54, 1.807) is 12.1 Å². The lowest BCUT2D eigenvalue weighted by molar-refractivity contribution is 0.0994. The summed E-state index contributed by atoms with van der Waals surface area (Å²) in [5.74, 6) is -1.19. The van der Waals surface area contributed by atoms with E-state index in [4.69, 9.17) is 0 Å². The number of carbonyl (C=O) groups excluding carboxylic acids is 1. The summed E-state index contributed by atoms with van der Waals surface area (Å²) in [7, 11) is 0. The molecule has 0 aliphatic heterocycles. The molecule has 0 N–H and O–H groups in total. The minimum Gasteiger partial charge on any atom is -0.284 e. The quantitative estimate of drug-likeness (QED) is 0.261. The minimum atomic E-state index is -0.610. The molecule has 0 aliphatic carbocycles. The Labute approximate surface area is 196 Å². The number of thiazole rings is 1. The zero-order valence-corrected chi connectivity index (χ0v) is 19.1. The summed E-state index contributed by atoms with van der Waals surface area (Å²) >= 11 is 4.83. The van der Waals surface area contributed by atoms with E-state index in [2.05, 4.69) is 20.9 Å². The molecule has 5 aromatic rings. The second-order valence-corrected chi connectivity index (χ2v) is 8.89. The van der Waals surface area contributed by atoms with Gasteiger partial charge >= 0.3 is 0 Å². The lowest BCUT2D eigenvalue weighted by atomic mass is 10.1. The van der Waals surface area contributed by atoms with Gasteiger partial charge < -0.3 is 0 Å². The molecule has 1 amide bonds. The van der Waals surface area contributed by atoms with Crippen LogP contribution in [0, 0.1) is 5.82 Å². The Kier molecular flexibility index (Phi) is 5.55. The number of fused-ring (bicyclic) bond motifs is 1. The first-order valence-corrected chi connectivity index (χ1v) is 11.6. The van der Waals surface area contributed by atoms with E-state index in [1.165, 1.54) is 23.5 Å². The van der Waals surface area contributed by atoms with Gasteiger partial charge in [0, 0.05) is 15.2 Å². The maximum absolute atomic E-state index is 14.2. The Hall–Kier alpha value is -3.35. The molecule has 0 atom stereocenters. The van der Waals surface area contributed by atoms with Crippen molar-refractivity contribution < 1.29 is 9.18 Å². The zero-order valence-electron chi connectivity index (χ0n) is 16.7. The molecule has 0 fully saturated rings.